The molecule has 2 aliphatic heterocycles. The Bertz CT molecular complexity index is 709. The number of aliphatic hydroxyl groups excluding tert-OH is 1. The van der Waals surface area contributed by atoms with Crippen LogP contribution in [0.15, 0.2) is 18.2 Å². The molecule has 1 fully saturated rings. The van der Waals surface area contributed by atoms with E-state index < -0.39 is 24.5 Å². The molecule has 0 aromatic heterocycles. The number of hydrogen-bond donors (Lipinski definition) is 3. The molecule has 1 aromatic rings. The molecule has 27 heavy (non-hydrogen) atoms. The van der Waals surface area contributed by atoms with Crippen LogP contribution in [0.5, 0.6) is 5.75 Å². The maximum absolute atomic E-state index is 9.72. The number of benzene rings is 1. The molecule has 0 amide bonds. The average molecular weight is 380 g/mol. The van der Waals surface area contributed by atoms with E-state index >= 15 is 0 Å². The van der Waals surface area contributed by atoms with Crippen LogP contribution in [0.4, 0.5) is 5.69 Å². The molecule has 1 saturated heterocycles. The number of carboxylic acid groups (broad SMARTS) is 2. The lowest BCUT2D eigenvalue weighted by molar-refractivity contribution is -0.152. The Hall–Kier alpha value is -2.32. The van der Waals surface area contributed by atoms with Crippen molar-refractivity contribution in [3.63, 3.8) is 0 Å². The van der Waals surface area contributed by atoms with Gasteiger partial charge in [-0.15, -0.1) is 0 Å². The quantitative estimate of drug-likeness (QED) is 0.702. The minimum absolute atomic E-state index is 0.242. The minimum atomic E-state index is -1.79. The molecule has 8 nitrogen and oxygen atoms in total. The summed E-state index contributed by atoms with van der Waals surface area (Å²) in [6.07, 6.45) is -0.831. The fourth-order valence-electron chi connectivity index (χ4n) is 4.06. The normalized spacial score (nSPS) is 24.5. The molecule has 0 saturated carbocycles. The lowest BCUT2D eigenvalue weighted by Crippen LogP contribution is -2.45. The van der Waals surface area contributed by atoms with Gasteiger partial charge in [-0.05, 0) is 44.2 Å². The lowest BCUT2D eigenvalue weighted by atomic mass is 9.81. The van der Waals surface area contributed by atoms with Crippen LogP contribution in [-0.4, -0.2) is 71.7 Å². The summed E-state index contributed by atoms with van der Waals surface area (Å²) in [4.78, 5) is 24.3. The van der Waals surface area contributed by atoms with E-state index in [-0.39, 0.29) is 5.41 Å². The van der Waals surface area contributed by atoms with Gasteiger partial charge in [0.2, 0.25) is 0 Å². The van der Waals surface area contributed by atoms with Gasteiger partial charge in [-0.3, -0.25) is 9.69 Å². The van der Waals surface area contributed by atoms with E-state index in [0.29, 0.717) is 6.17 Å². The third kappa shape index (κ3) is 4.17. The molecule has 0 aliphatic carbocycles. The summed E-state index contributed by atoms with van der Waals surface area (Å²) in [6, 6.07) is 6.54. The van der Waals surface area contributed by atoms with E-state index in [4.69, 9.17) is 20.1 Å². The zero-order valence-corrected chi connectivity index (χ0v) is 16.2. The maximum Gasteiger partial charge on any atom is 0.333 e. The Morgan fingerprint density at radius 1 is 1.33 bits per heavy atom. The monoisotopic (exact) mass is 380 g/mol. The van der Waals surface area contributed by atoms with Crippen LogP contribution >= 0.6 is 0 Å². The molecule has 0 radical (unpaired) electrons. The summed E-state index contributed by atoms with van der Waals surface area (Å²) in [5, 5.41) is 24.1. The second-order valence-corrected chi connectivity index (χ2v) is 7.20. The molecule has 0 bridgehead atoms. The molecule has 2 unspecified atom stereocenters. The van der Waals surface area contributed by atoms with Crippen molar-refractivity contribution in [2.45, 2.75) is 44.4 Å². The number of aliphatic hydroxyl groups is 1. The highest BCUT2D eigenvalue weighted by Gasteiger charge is 2.52. The first-order chi connectivity index (χ1) is 12.6. The average Bonchev–Trinajstić information content (AvgIpc) is 3.01. The van der Waals surface area contributed by atoms with Crippen LogP contribution in [0.25, 0.3) is 0 Å². The number of aliphatic carboxylic acids is 2. The van der Waals surface area contributed by atoms with Gasteiger partial charge >= 0.3 is 11.9 Å². The third-order valence-corrected chi connectivity index (χ3v) is 5.27. The first-order valence-corrected chi connectivity index (χ1v) is 8.94. The van der Waals surface area contributed by atoms with Gasteiger partial charge in [-0.1, -0.05) is 6.92 Å². The summed E-state index contributed by atoms with van der Waals surface area (Å²) in [6.45, 7) is 6.32. The molecule has 150 valence electrons. The predicted molar refractivity (Wildman–Crippen MR) is 100 cm³/mol. The Labute approximate surface area is 159 Å². The summed E-state index contributed by atoms with van der Waals surface area (Å²) >= 11 is 0. The van der Waals surface area contributed by atoms with Gasteiger partial charge in [-0.25, -0.2) is 4.79 Å². The Morgan fingerprint density at radius 3 is 2.52 bits per heavy atom. The predicted octanol–water partition coefficient (Wildman–Crippen LogP) is 1.36. The second kappa shape index (κ2) is 8.14. The topological polar surface area (TPSA) is 111 Å². The number of rotatable bonds is 5. The van der Waals surface area contributed by atoms with Gasteiger partial charge < -0.3 is 25.0 Å². The van der Waals surface area contributed by atoms with Crippen molar-refractivity contribution in [3.05, 3.63) is 23.8 Å². The SMILES string of the molecule is CCOc1ccc2c(c1)[C@@]1(C)CCN(C)C1N2C.O=C(O)CC(O)C(=O)O. The zero-order valence-electron chi connectivity index (χ0n) is 16.2. The van der Waals surface area contributed by atoms with Crippen molar-refractivity contribution in [3.8, 4) is 5.75 Å². The van der Waals surface area contributed by atoms with Crippen LogP contribution in [0.3, 0.4) is 0 Å². The number of likely N-dealkylation sites (N-methyl/N-ethyl adjacent to an activating group) is 2. The number of nitrogens with zero attached hydrogens (tertiary/aromatic N) is 2. The largest absolute Gasteiger partial charge is 0.494 e. The summed E-state index contributed by atoms with van der Waals surface area (Å²) in [5.74, 6) is -1.84. The van der Waals surface area contributed by atoms with Crippen molar-refractivity contribution in [2.75, 3.05) is 32.1 Å². The van der Waals surface area contributed by atoms with Crippen molar-refractivity contribution in [2.24, 2.45) is 0 Å². The van der Waals surface area contributed by atoms with Gasteiger partial charge in [0.1, 0.15) is 5.75 Å². The molecular formula is C19H28N2O6. The fraction of sp³-hybridized carbons (Fsp3) is 0.579. The minimum Gasteiger partial charge on any atom is -0.494 e. The van der Waals surface area contributed by atoms with Crippen molar-refractivity contribution < 1.29 is 29.6 Å². The van der Waals surface area contributed by atoms with Crippen LogP contribution in [-0.2, 0) is 15.0 Å². The number of hydrogen-bond acceptors (Lipinski definition) is 6. The van der Waals surface area contributed by atoms with E-state index in [1.54, 1.807) is 0 Å². The highest BCUT2D eigenvalue weighted by atomic mass is 16.5. The van der Waals surface area contributed by atoms with Crippen LogP contribution < -0.4 is 9.64 Å². The maximum atomic E-state index is 9.72. The van der Waals surface area contributed by atoms with Crippen molar-refractivity contribution >= 4 is 17.6 Å². The molecule has 3 N–H and O–H groups in total. The van der Waals surface area contributed by atoms with Crippen LogP contribution in [0.2, 0.25) is 0 Å². The van der Waals surface area contributed by atoms with E-state index in [1.807, 2.05) is 6.92 Å². The van der Waals surface area contributed by atoms with Gasteiger partial charge in [0.05, 0.1) is 19.2 Å². The van der Waals surface area contributed by atoms with Crippen molar-refractivity contribution in [1.29, 1.82) is 0 Å². The standard InChI is InChI=1S/C15H22N2O.C4H6O5/c1-5-18-11-6-7-13-12(10-11)15(2)8-9-16(3)14(15)17(13)4;5-2(4(8)9)1-3(6)7/h6-7,10,14H,5,8-9H2,1-4H3;2,5H,1H2,(H,6,7)(H,8,9)/t14?,15-;/m1./s1. The van der Waals surface area contributed by atoms with E-state index in [2.05, 4.69) is 49.0 Å². The smallest absolute Gasteiger partial charge is 0.333 e. The molecule has 2 aliphatic rings. The van der Waals surface area contributed by atoms with E-state index in [1.165, 1.54) is 24.2 Å². The second-order valence-electron chi connectivity index (χ2n) is 7.20. The van der Waals surface area contributed by atoms with E-state index in [9.17, 15) is 9.59 Å². The molecule has 3 rings (SSSR count). The molecule has 2 heterocycles. The molecule has 1 aromatic carbocycles. The number of likely N-dealkylation sites (tertiary alicyclic amines) is 1. The molecule has 3 atom stereocenters. The Kier molecular flexibility index (Phi) is 6.33. The highest BCUT2D eigenvalue weighted by molar-refractivity contribution is 5.79. The number of anilines is 1. The van der Waals surface area contributed by atoms with Gasteiger partial charge in [0.25, 0.3) is 0 Å². The summed E-state index contributed by atoms with van der Waals surface area (Å²) in [7, 11) is 4.43. The van der Waals surface area contributed by atoms with E-state index in [0.717, 1.165) is 12.4 Å². The fourth-order valence-corrected chi connectivity index (χ4v) is 4.06. The Balaban J connectivity index is 0.000000249. The van der Waals surface area contributed by atoms with Gasteiger partial charge in [-0.2, -0.15) is 0 Å². The lowest BCUT2D eigenvalue weighted by Gasteiger charge is -2.32. The summed E-state index contributed by atoms with van der Waals surface area (Å²) in [5.41, 5.74) is 3.05. The van der Waals surface area contributed by atoms with Crippen LogP contribution in [0.1, 0.15) is 32.3 Å². The first-order valence-electron chi connectivity index (χ1n) is 8.94. The third-order valence-electron chi connectivity index (χ3n) is 5.27. The number of carboxylic acids is 2. The number of carbonyl (C=O) groups is 2. The first kappa shape index (κ1) is 21.0. The molecule has 8 heteroatoms. The van der Waals surface area contributed by atoms with Gasteiger partial charge in [0, 0.05) is 24.7 Å². The highest BCUT2D eigenvalue weighted by Crippen LogP contribution is 2.51. The number of ether oxygens (including phenoxy) is 1. The van der Waals surface area contributed by atoms with Crippen LogP contribution in [0, 0.1) is 0 Å². The molecular weight excluding hydrogens is 352 g/mol. The Morgan fingerprint density at radius 2 is 2.00 bits per heavy atom. The number of fused-ring (bicyclic) bond motifs is 3. The van der Waals surface area contributed by atoms with Gasteiger partial charge in [0.15, 0.2) is 6.10 Å². The summed E-state index contributed by atoms with van der Waals surface area (Å²) < 4.78 is 5.65. The van der Waals surface area contributed by atoms with Crippen molar-refractivity contribution in [1.82, 2.24) is 4.90 Å². The zero-order chi connectivity index (χ0) is 20.4. The molecule has 0 spiro atoms.